The average molecular weight is 223 g/mol. The minimum absolute atomic E-state index is 0.183. The lowest BCUT2D eigenvalue weighted by Crippen LogP contribution is -2.14. The molecule has 1 rings (SSSR count). The summed E-state index contributed by atoms with van der Waals surface area (Å²) in [4.78, 5) is 10.7. The van der Waals surface area contributed by atoms with Crippen molar-refractivity contribution in [2.75, 3.05) is 12.0 Å². The van der Waals surface area contributed by atoms with Crippen molar-refractivity contribution in [1.82, 2.24) is 5.43 Å². The van der Waals surface area contributed by atoms with Crippen molar-refractivity contribution in [2.45, 2.75) is 6.92 Å². The van der Waals surface area contributed by atoms with Crippen LogP contribution in [0.15, 0.2) is 29.4 Å². The van der Waals surface area contributed by atoms with Gasteiger partial charge in [-0.25, -0.2) is 5.43 Å². The quantitative estimate of drug-likeness (QED) is 0.345. The van der Waals surface area contributed by atoms with Crippen LogP contribution in [0.3, 0.4) is 0 Å². The lowest BCUT2D eigenvalue weighted by atomic mass is 10.2. The summed E-state index contributed by atoms with van der Waals surface area (Å²) in [5.74, 6) is -0.183. The van der Waals surface area contributed by atoms with Gasteiger partial charge in [-0.15, -0.1) is 11.8 Å². The highest BCUT2D eigenvalue weighted by molar-refractivity contribution is 8.13. The third-order valence-electron chi connectivity index (χ3n) is 1.67. The molecule has 0 bridgehead atoms. The van der Waals surface area contributed by atoms with Crippen LogP contribution in [0, 0.1) is 0 Å². The molecule has 80 valence electrons. The lowest BCUT2D eigenvalue weighted by Gasteiger charge is -2.03. The predicted octanol–water partition coefficient (Wildman–Crippen LogP) is 1.43. The van der Waals surface area contributed by atoms with Gasteiger partial charge in [0.1, 0.15) is 5.04 Å². The number of hydrogen-bond donors (Lipinski definition) is 2. The maximum absolute atomic E-state index is 10.7. The fourth-order valence-corrected chi connectivity index (χ4v) is 1.49. The number of thioether (sulfide) groups is 1. The Morgan fingerprint density at radius 3 is 2.47 bits per heavy atom. The monoisotopic (exact) mass is 223 g/mol. The molecule has 1 aromatic rings. The molecule has 0 atom stereocenters. The Labute approximate surface area is 92.9 Å². The smallest absolute Gasteiger partial charge is 0.236 e. The molecule has 0 aliphatic rings. The van der Waals surface area contributed by atoms with Crippen LogP contribution in [-0.4, -0.2) is 17.2 Å². The number of anilines is 1. The molecule has 0 saturated carbocycles. The Kier molecular flexibility index (Phi) is 4.17. The number of amides is 1. The summed E-state index contributed by atoms with van der Waals surface area (Å²) in [6.07, 6.45) is 1.90. The van der Waals surface area contributed by atoms with Gasteiger partial charge < -0.3 is 5.73 Å². The zero-order valence-corrected chi connectivity index (χ0v) is 9.47. The summed E-state index contributed by atoms with van der Waals surface area (Å²) in [6, 6.07) is 7.34. The van der Waals surface area contributed by atoms with Gasteiger partial charge in [0.2, 0.25) is 5.91 Å². The predicted molar refractivity (Wildman–Crippen MR) is 64.7 cm³/mol. The second kappa shape index (κ2) is 5.41. The van der Waals surface area contributed by atoms with E-state index < -0.39 is 0 Å². The third-order valence-corrected chi connectivity index (χ3v) is 2.38. The molecule has 15 heavy (non-hydrogen) atoms. The molecular formula is C10H13N3OS. The van der Waals surface area contributed by atoms with Crippen LogP contribution >= 0.6 is 11.8 Å². The summed E-state index contributed by atoms with van der Waals surface area (Å²) in [5.41, 5.74) is 9.62. The van der Waals surface area contributed by atoms with Crippen LogP contribution in [-0.2, 0) is 4.79 Å². The highest BCUT2D eigenvalue weighted by Crippen LogP contribution is 2.12. The van der Waals surface area contributed by atoms with E-state index in [0.717, 1.165) is 10.6 Å². The molecule has 0 saturated heterocycles. The molecule has 0 radical (unpaired) electrons. The lowest BCUT2D eigenvalue weighted by molar-refractivity contribution is -0.118. The summed E-state index contributed by atoms with van der Waals surface area (Å²) >= 11 is 1.47. The van der Waals surface area contributed by atoms with E-state index in [2.05, 4.69) is 10.5 Å². The Bertz CT molecular complexity index is 373. The van der Waals surface area contributed by atoms with Crippen LogP contribution in [0.2, 0.25) is 0 Å². The van der Waals surface area contributed by atoms with Crippen molar-refractivity contribution in [2.24, 2.45) is 5.10 Å². The fraction of sp³-hybridized carbons (Fsp3) is 0.200. The SMILES string of the molecule is CS/C(=N\NC(C)=O)c1ccc(N)cc1. The first kappa shape index (κ1) is 11.6. The Hall–Kier alpha value is -1.49. The maximum atomic E-state index is 10.7. The Morgan fingerprint density at radius 2 is 2.00 bits per heavy atom. The van der Waals surface area contributed by atoms with Crippen molar-refractivity contribution in [1.29, 1.82) is 0 Å². The van der Waals surface area contributed by atoms with E-state index in [9.17, 15) is 4.79 Å². The van der Waals surface area contributed by atoms with E-state index in [4.69, 9.17) is 5.73 Å². The second-order valence-electron chi connectivity index (χ2n) is 2.91. The van der Waals surface area contributed by atoms with Gasteiger partial charge >= 0.3 is 0 Å². The zero-order chi connectivity index (χ0) is 11.3. The Balaban J connectivity index is 2.87. The van der Waals surface area contributed by atoms with Crippen LogP contribution < -0.4 is 11.2 Å². The second-order valence-corrected chi connectivity index (χ2v) is 3.71. The molecule has 3 N–H and O–H groups in total. The molecule has 0 fully saturated rings. The van der Waals surface area contributed by atoms with E-state index >= 15 is 0 Å². The molecule has 1 amide bonds. The first-order chi connectivity index (χ1) is 7.13. The van der Waals surface area contributed by atoms with Crippen molar-refractivity contribution < 1.29 is 4.79 Å². The molecule has 0 spiro atoms. The van der Waals surface area contributed by atoms with E-state index in [-0.39, 0.29) is 5.91 Å². The van der Waals surface area contributed by atoms with Crippen LogP contribution in [0.4, 0.5) is 5.69 Å². The molecule has 5 heteroatoms. The molecule has 0 aliphatic heterocycles. The highest BCUT2D eigenvalue weighted by Gasteiger charge is 2.01. The van der Waals surface area contributed by atoms with Gasteiger partial charge in [0.15, 0.2) is 0 Å². The number of nitrogens with two attached hydrogens (primary N) is 1. The first-order valence-electron chi connectivity index (χ1n) is 4.37. The Morgan fingerprint density at radius 1 is 1.40 bits per heavy atom. The molecule has 0 heterocycles. The molecule has 0 aliphatic carbocycles. The first-order valence-corrected chi connectivity index (χ1v) is 5.60. The summed E-state index contributed by atoms with van der Waals surface area (Å²) < 4.78 is 0. The normalized spacial score (nSPS) is 11.2. The number of nitrogens with zero attached hydrogens (tertiary/aromatic N) is 1. The van der Waals surface area contributed by atoms with Crippen LogP contribution in [0.1, 0.15) is 12.5 Å². The number of benzene rings is 1. The van der Waals surface area contributed by atoms with Gasteiger partial charge in [0.05, 0.1) is 0 Å². The summed E-state index contributed by atoms with van der Waals surface area (Å²) in [7, 11) is 0. The summed E-state index contributed by atoms with van der Waals surface area (Å²) in [5, 5.41) is 4.74. The molecule has 0 unspecified atom stereocenters. The number of hydrogen-bond acceptors (Lipinski definition) is 4. The number of hydrazone groups is 1. The minimum atomic E-state index is -0.183. The molecule has 1 aromatic carbocycles. The summed E-state index contributed by atoms with van der Waals surface area (Å²) in [6.45, 7) is 1.42. The maximum Gasteiger partial charge on any atom is 0.236 e. The largest absolute Gasteiger partial charge is 0.399 e. The van der Waals surface area contributed by atoms with Crippen molar-refractivity contribution >= 4 is 28.4 Å². The average Bonchev–Trinajstić information content (AvgIpc) is 2.21. The number of carbonyl (C=O) groups is 1. The van der Waals surface area contributed by atoms with E-state index in [1.807, 2.05) is 18.4 Å². The van der Waals surface area contributed by atoms with E-state index in [1.165, 1.54) is 18.7 Å². The standard InChI is InChI=1S/C10H13N3OS/c1-7(14)12-13-10(15-2)8-3-5-9(11)6-4-8/h3-6H,11H2,1-2H3,(H,12,14)/b13-10-. The minimum Gasteiger partial charge on any atom is -0.399 e. The van der Waals surface area contributed by atoms with E-state index in [0.29, 0.717) is 5.69 Å². The topological polar surface area (TPSA) is 67.5 Å². The van der Waals surface area contributed by atoms with Gasteiger partial charge in [0.25, 0.3) is 0 Å². The molecule has 0 aromatic heterocycles. The van der Waals surface area contributed by atoms with Gasteiger partial charge in [-0.1, -0.05) is 12.1 Å². The van der Waals surface area contributed by atoms with Gasteiger partial charge in [0, 0.05) is 18.2 Å². The number of rotatable bonds is 2. The van der Waals surface area contributed by atoms with E-state index in [1.54, 1.807) is 12.1 Å². The van der Waals surface area contributed by atoms with Gasteiger partial charge in [-0.05, 0) is 18.4 Å². The fourth-order valence-electron chi connectivity index (χ4n) is 0.983. The van der Waals surface area contributed by atoms with Gasteiger partial charge in [-0.3, -0.25) is 4.79 Å². The zero-order valence-electron chi connectivity index (χ0n) is 8.65. The van der Waals surface area contributed by atoms with Crippen molar-refractivity contribution in [3.63, 3.8) is 0 Å². The van der Waals surface area contributed by atoms with Gasteiger partial charge in [-0.2, -0.15) is 5.10 Å². The number of carbonyl (C=O) groups excluding carboxylic acids is 1. The molecule has 4 nitrogen and oxygen atoms in total. The number of nitrogen functional groups attached to an aromatic ring is 1. The van der Waals surface area contributed by atoms with Crippen LogP contribution in [0.5, 0.6) is 0 Å². The third kappa shape index (κ3) is 3.63. The van der Waals surface area contributed by atoms with Crippen molar-refractivity contribution in [3.8, 4) is 0 Å². The van der Waals surface area contributed by atoms with Crippen LogP contribution in [0.25, 0.3) is 0 Å². The highest BCUT2D eigenvalue weighted by atomic mass is 32.2. The van der Waals surface area contributed by atoms with Crippen molar-refractivity contribution in [3.05, 3.63) is 29.8 Å². The number of nitrogens with one attached hydrogen (secondary N) is 1. The molecular weight excluding hydrogens is 210 g/mol.